The maximum atomic E-state index is 5.80. The zero-order chi connectivity index (χ0) is 14.4. The molecule has 5 heteroatoms. The number of nitrogens with zero attached hydrogens (tertiary/aromatic N) is 2. The van der Waals surface area contributed by atoms with Gasteiger partial charge in [0.05, 0.1) is 4.88 Å². The topological polar surface area (TPSA) is 25.4 Å². The molecule has 108 valence electrons. The number of benzene rings is 1. The largest absolute Gasteiger partial charge is 0.488 e. The Bertz CT molecular complexity index is 542. The van der Waals surface area contributed by atoms with Crippen molar-refractivity contribution < 1.29 is 4.74 Å². The second-order valence-electron chi connectivity index (χ2n) is 4.92. The minimum atomic E-state index is 0.519. The van der Waals surface area contributed by atoms with Gasteiger partial charge in [0.25, 0.3) is 0 Å². The van der Waals surface area contributed by atoms with Crippen molar-refractivity contribution in [1.29, 1.82) is 0 Å². The van der Waals surface area contributed by atoms with Crippen LogP contribution in [0.5, 0.6) is 5.75 Å². The Morgan fingerprint density at radius 2 is 2.20 bits per heavy atom. The summed E-state index contributed by atoms with van der Waals surface area (Å²) in [5.41, 5.74) is 1.31. The SMILES string of the molecule is CN(C)CCCc1cccc(OCc2cnc(Cl)s2)c1. The molecule has 0 unspecified atom stereocenters. The highest BCUT2D eigenvalue weighted by molar-refractivity contribution is 7.15. The van der Waals surface area contributed by atoms with Crippen molar-refractivity contribution in [3.05, 3.63) is 45.4 Å². The number of thiazole rings is 1. The predicted molar refractivity (Wildman–Crippen MR) is 84.8 cm³/mol. The van der Waals surface area contributed by atoms with E-state index in [4.69, 9.17) is 16.3 Å². The van der Waals surface area contributed by atoms with E-state index < -0.39 is 0 Å². The molecule has 0 radical (unpaired) electrons. The fourth-order valence-corrected chi connectivity index (χ4v) is 2.79. The van der Waals surface area contributed by atoms with Crippen molar-refractivity contribution in [2.45, 2.75) is 19.4 Å². The van der Waals surface area contributed by atoms with Gasteiger partial charge in [0.1, 0.15) is 12.4 Å². The molecule has 0 aliphatic rings. The van der Waals surface area contributed by atoms with Crippen molar-refractivity contribution in [1.82, 2.24) is 9.88 Å². The molecule has 0 amide bonds. The van der Waals surface area contributed by atoms with Gasteiger partial charge < -0.3 is 9.64 Å². The first kappa shape index (κ1) is 15.3. The molecule has 1 aromatic carbocycles. The molecule has 1 aromatic heterocycles. The number of hydrogen-bond acceptors (Lipinski definition) is 4. The molecule has 1 heterocycles. The van der Waals surface area contributed by atoms with Gasteiger partial charge in [-0.1, -0.05) is 23.7 Å². The smallest absolute Gasteiger partial charge is 0.183 e. The van der Waals surface area contributed by atoms with Gasteiger partial charge in [-0.05, 0) is 51.2 Å². The van der Waals surface area contributed by atoms with Crippen molar-refractivity contribution in [2.24, 2.45) is 0 Å². The number of halogens is 1. The van der Waals surface area contributed by atoms with Crippen LogP contribution in [0.4, 0.5) is 0 Å². The molecule has 2 aromatic rings. The van der Waals surface area contributed by atoms with Gasteiger partial charge in [-0.3, -0.25) is 0 Å². The van der Waals surface area contributed by atoms with E-state index in [-0.39, 0.29) is 0 Å². The van der Waals surface area contributed by atoms with Crippen LogP contribution < -0.4 is 4.74 Å². The van der Waals surface area contributed by atoms with Crippen LogP contribution in [0.3, 0.4) is 0 Å². The summed E-state index contributed by atoms with van der Waals surface area (Å²) in [6, 6.07) is 8.28. The summed E-state index contributed by atoms with van der Waals surface area (Å²) in [4.78, 5) is 7.24. The van der Waals surface area contributed by atoms with E-state index in [0.717, 1.165) is 30.0 Å². The van der Waals surface area contributed by atoms with Gasteiger partial charge in [-0.2, -0.15) is 0 Å². The van der Waals surface area contributed by atoms with E-state index in [0.29, 0.717) is 11.1 Å². The standard InChI is InChI=1S/C15H19ClN2OS/c1-18(2)8-4-6-12-5-3-7-13(9-12)19-11-14-10-17-15(16)20-14/h3,5,7,9-10H,4,6,8,11H2,1-2H3. The molecule has 0 spiro atoms. The van der Waals surface area contributed by atoms with E-state index >= 15 is 0 Å². The molecule has 2 rings (SSSR count). The minimum Gasteiger partial charge on any atom is -0.488 e. The third-order valence-corrected chi connectivity index (χ3v) is 3.96. The molecule has 0 fully saturated rings. The van der Waals surface area contributed by atoms with Crippen molar-refractivity contribution in [2.75, 3.05) is 20.6 Å². The van der Waals surface area contributed by atoms with Gasteiger partial charge in [0.15, 0.2) is 4.47 Å². The number of aryl methyl sites for hydroxylation is 1. The molecular formula is C15H19ClN2OS. The van der Waals surface area contributed by atoms with Crippen LogP contribution in [-0.2, 0) is 13.0 Å². The average molecular weight is 311 g/mol. The minimum absolute atomic E-state index is 0.519. The molecule has 0 N–H and O–H groups in total. The quantitative estimate of drug-likeness (QED) is 0.776. The lowest BCUT2D eigenvalue weighted by Crippen LogP contribution is -2.13. The summed E-state index contributed by atoms with van der Waals surface area (Å²) in [6.45, 7) is 1.62. The Kier molecular flexibility index (Phi) is 5.83. The lowest BCUT2D eigenvalue weighted by molar-refractivity contribution is 0.309. The fraction of sp³-hybridized carbons (Fsp3) is 0.400. The number of hydrogen-bond donors (Lipinski definition) is 0. The summed E-state index contributed by atoms with van der Waals surface area (Å²) in [6.07, 6.45) is 3.98. The maximum Gasteiger partial charge on any atom is 0.183 e. The van der Waals surface area contributed by atoms with E-state index in [1.807, 2.05) is 12.1 Å². The molecule has 0 aliphatic heterocycles. The molecule has 20 heavy (non-hydrogen) atoms. The van der Waals surface area contributed by atoms with Gasteiger partial charge in [-0.15, -0.1) is 11.3 Å². The van der Waals surface area contributed by atoms with Crippen LogP contribution in [0.2, 0.25) is 4.47 Å². The van der Waals surface area contributed by atoms with Gasteiger partial charge >= 0.3 is 0 Å². The van der Waals surface area contributed by atoms with Gasteiger partial charge in [-0.25, -0.2) is 4.98 Å². The molecule has 0 atom stereocenters. The maximum absolute atomic E-state index is 5.80. The zero-order valence-corrected chi connectivity index (χ0v) is 13.4. The Balaban J connectivity index is 1.85. The van der Waals surface area contributed by atoms with E-state index in [1.54, 1.807) is 6.20 Å². The van der Waals surface area contributed by atoms with Crippen molar-refractivity contribution in [3.8, 4) is 5.75 Å². The lowest BCUT2D eigenvalue weighted by atomic mass is 10.1. The third-order valence-electron chi connectivity index (χ3n) is 2.88. The van der Waals surface area contributed by atoms with E-state index in [9.17, 15) is 0 Å². The average Bonchev–Trinajstić information content (AvgIpc) is 2.82. The summed E-state index contributed by atoms with van der Waals surface area (Å²) in [5, 5.41) is 0. The fourth-order valence-electron chi connectivity index (χ4n) is 1.90. The zero-order valence-electron chi connectivity index (χ0n) is 11.8. The van der Waals surface area contributed by atoms with E-state index in [1.165, 1.54) is 16.9 Å². The highest BCUT2D eigenvalue weighted by Crippen LogP contribution is 2.21. The molecular weight excluding hydrogens is 292 g/mol. The highest BCUT2D eigenvalue weighted by Gasteiger charge is 2.02. The first-order valence-electron chi connectivity index (χ1n) is 6.60. The summed E-state index contributed by atoms with van der Waals surface area (Å²) in [5.74, 6) is 0.900. The van der Waals surface area contributed by atoms with Crippen molar-refractivity contribution in [3.63, 3.8) is 0 Å². The van der Waals surface area contributed by atoms with Crippen LogP contribution >= 0.6 is 22.9 Å². The first-order chi connectivity index (χ1) is 9.63. The summed E-state index contributed by atoms with van der Waals surface area (Å²) >= 11 is 7.25. The van der Waals surface area contributed by atoms with Gasteiger partial charge in [0.2, 0.25) is 0 Å². The first-order valence-corrected chi connectivity index (χ1v) is 7.79. The summed E-state index contributed by atoms with van der Waals surface area (Å²) in [7, 11) is 4.19. The van der Waals surface area contributed by atoms with Crippen LogP contribution in [-0.4, -0.2) is 30.5 Å². The van der Waals surface area contributed by atoms with Crippen molar-refractivity contribution >= 4 is 22.9 Å². The lowest BCUT2D eigenvalue weighted by Gasteiger charge is -2.10. The molecule has 0 saturated carbocycles. The molecule has 0 aliphatic carbocycles. The van der Waals surface area contributed by atoms with Crippen LogP contribution in [0, 0.1) is 0 Å². The molecule has 0 saturated heterocycles. The van der Waals surface area contributed by atoms with Crippen LogP contribution in [0.25, 0.3) is 0 Å². The Morgan fingerprint density at radius 3 is 2.90 bits per heavy atom. The van der Waals surface area contributed by atoms with E-state index in [2.05, 4.69) is 36.1 Å². The second kappa shape index (κ2) is 7.62. The van der Waals surface area contributed by atoms with Crippen LogP contribution in [0.1, 0.15) is 16.9 Å². The summed E-state index contributed by atoms with van der Waals surface area (Å²) < 4.78 is 6.33. The number of rotatable bonds is 7. The Morgan fingerprint density at radius 1 is 1.35 bits per heavy atom. The number of aromatic nitrogens is 1. The molecule has 3 nitrogen and oxygen atoms in total. The third kappa shape index (κ3) is 5.12. The Hall–Kier alpha value is -1.10. The van der Waals surface area contributed by atoms with Crippen LogP contribution in [0.15, 0.2) is 30.5 Å². The normalized spacial score (nSPS) is 11.0. The second-order valence-corrected chi connectivity index (χ2v) is 6.62. The predicted octanol–water partition coefficient (Wildman–Crippen LogP) is 3.87. The number of ether oxygens (including phenoxy) is 1. The highest BCUT2D eigenvalue weighted by atomic mass is 35.5. The Labute approximate surface area is 129 Å². The molecule has 0 bridgehead atoms. The van der Waals surface area contributed by atoms with Gasteiger partial charge in [0, 0.05) is 6.20 Å². The monoisotopic (exact) mass is 310 g/mol.